The third kappa shape index (κ3) is 1.71. The van der Waals surface area contributed by atoms with Crippen LogP contribution < -0.4 is 5.73 Å². The molecule has 0 bridgehead atoms. The number of rotatable bonds is 1. The summed E-state index contributed by atoms with van der Waals surface area (Å²) in [4.78, 5) is 16.8. The predicted molar refractivity (Wildman–Crippen MR) is 81.3 cm³/mol. The van der Waals surface area contributed by atoms with Gasteiger partial charge in [-0.2, -0.15) is 0 Å². The Balaban J connectivity index is 1.89. The van der Waals surface area contributed by atoms with Crippen LogP contribution in [-0.4, -0.2) is 19.9 Å². The highest BCUT2D eigenvalue weighted by atomic mass is 16.2. The van der Waals surface area contributed by atoms with Crippen molar-refractivity contribution in [3.63, 3.8) is 0 Å². The van der Waals surface area contributed by atoms with E-state index in [0.717, 1.165) is 16.4 Å². The van der Waals surface area contributed by atoms with E-state index < -0.39 is 0 Å². The van der Waals surface area contributed by atoms with Crippen molar-refractivity contribution >= 4 is 28.0 Å². The predicted octanol–water partition coefficient (Wildman–Crippen LogP) is 2.56. The number of pyridine rings is 1. The number of benzene rings is 1. The lowest BCUT2D eigenvalue weighted by Crippen LogP contribution is -2.11. The molecule has 0 fully saturated rings. The Kier molecular flexibility index (Phi) is 2.35. The van der Waals surface area contributed by atoms with Gasteiger partial charge >= 0.3 is 0 Å². The molecule has 0 amide bonds. The molecular weight excluding hydrogens is 264 g/mol. The van der Waals surface area contributed by atoms with E-state index in [9.17, 15) is 4.79 Å². The highest BCUT2D eigenvalue weighted by Crippen LogP contribution is 2.24. The fraction of sp³-hybridized carbons (Fsp3) is 0. The number of aromatic nitrogens is 3. The number of fused-ring (bicyclic) bond motifs is 2. The molecule has 4 rings (SSSR count). The molecule has 0 atom stereocenters. The summed E-state index contributed by atoms with van der Waals surface area (Å²) in [5.41, 5.74) is 8.87. The maximum absolute atomic E-state index is 12.7. The first-order valence-corrected chi connectivity index (χ1v) is 6.56. The second-order valence-electron chi connectivity index (χ2n) is 4.92. The van der Waals surface area contributed by atoms with E-state index in [0.29, 0.717) is 11.3 Å². The molecule has 3 aromatic heterocycles. The Morgan fingerprint density at radius 2 is 2.05 bits per heavy atom. The van der Waals surface area contributed by atoms with Gasteiger partial charge in [-0.15, -0.1) is 0 Å². The Hall–Kier alpha value is -3.08. The first-order valence-electron chi connectivity index (χ1n) is 6.56. The average molecular weight is 276 g/mol. The summed E-state index contributed by atoms with van der Waals surface area (Å²) in [6.07, 6.45) is 6.92. The van der Waals surface area contributed by atoms with Crippen molar-refractivity contribution in [3.8, 4) is 0 Å². The minimum Gasteiger partial charge on any atom is -0.397 e. The van der Waals surface area contributed by atoms with Crippen molar-refractivity contribution in [2.75, 3.05) is 5.73 Å². The van der Waals surface area contributed by atoms with Crippen LogP contribution in [0.25, 0.3) is 16.4 Å². The molecule has 21 heavy (non-hydrogen) atoms. The van der Waals surface area contributed by atoms with Crippen LogP contribution in [0.3, 0.4) is 0 Å². The molecule has 102 valence electrons. The molecular formula is C16H12N4O. The van der Waals surface area contributed by atoms with Crippen molar-refractivity contribution in [2.24, 2.45) is 0 Å². The molecule has 0 saturated carbocycles. The van der Waals surface area contributed by atoms with Crippen LogP contribution in [0.15, 0.2) is 61.3 Å². The van der Waals surface area contributed by atoms with E-state index in [4.69, 9.17) is 5.73 Å². The van der Waals surface area contributed by atoms with E-state index in [1.54, 1.807) is 29.4 Å². The van der Waals surface area contributed by atoms with E-state index in [2.05, 4.69) is 4.98 Å². The van der Waals surface area contributed by atoms with Gasteiger partial charge < -0.3 is 10.1 Å². The Bertz CT molecular complexity index is 980. The zero-order chi connectivity index (χ0) is 14.4. The van der Waals surface area contributed by atoms with Gasteiger partial charge in [-0.25, -0.2) is 4.98 Å². The Morgan fingerprint density at radius 1 is 1.19 bits per heavy atom. The fourth-order valence-corrected chi connectivity index (χ4v) is 2.57. The van der Waals surface area contributed by atoms with Gasteiger partial charge in [-0.3, -0.25) is 9.36 Å². The SMILES string of the molecule is Nc1cn(C(=O)c2ccn3cncc3c2)c2ccccc12. The quantitative estimate of drug-likeness (QED) is 0.581. The largest absolute Gasteiger partial charge is 0.397 e. The Labute approximate surface area is 120 Å². The van der Waals surface area contributed by atoms with Gasteiger partial charge in [0.05, 0.1) is 29.2 Å². The molecule has 5 heteroatoms. The monoisotopic (exact) mass is 276 g/mol. The lowest BCUT2D eigenvalue weighted by molar-refractivity contribution is 0.0965. The highest BCUT2D eigenvalue weighted by Gasteiger charge is 2.14. The van der Waals surface area contributed by atoms with Crippen LogP contribution in [0.2, 0.25) is 0 Å². The summed E-state index contributed by atoms with van der Waals surface area (Å²) in [6, 6.07) is 11.2. The number of hydrogen-bond donors (Lipinski definition) is 1. The van der Waals surface area contributed by atoms with Gasteiger partial charge in [0.15, 0.2) is 0 Å². The number of para-hydroxylation sites is 1. The number of nitrogens with zero attached hydrogens (tertiary/aromatic N) is 3. The second-order valence-corrected chi connectivity index (χ2v) is 4.92. The van der Waals surface area contributed by atoms with E-state index in [1.165, 1.54) is 0 Å². The summed E-state index contributed by atoms with van der Waals surface area (Å²) in [7, 11) is 0. The van der Waals surface area contributed by atoms with Crippen LogP contribution in [0, 0.1) is 0 Å². The number of hydrogen-bond acceptors (Lipinski definition) is 3. The van der Waals surface area contributed by atoms with Crippen molar-refractivity contribution in [1.29, 1.82) is 0 Å². The number of imidazole rings is 1. The molecule has 2 N–H and O–H groups in total. The summed E-state index contributed by atoms with van der Waals surface area (Å²) in [5.74, 6) is -0.105. The highest BCUT2D eigenvalue weighted by molar-refractivity contribution is 6.05. The standard InChI is InChI=1S/C16H12N4O/c17-14-9-20(15-4-2-1-3-13(14)15)16(21)11-5-6-19-10-18-8-12(19)7-11/h1-10H,17H2. The third-order valence-electron chi connectivity index (χ3n) is 3.62. The minimum atomic E-state index is -0.105. The molecule has 4 aromatic rings. The van der Waals surface area contributed by atoms with Crippen LogP contribution in [0.1, 0.15) is 10.4 Å². The van der Waals surface area contributed by atoms with Gasteiger partial charge in [-0.1, -0.05) is 18.2 Å². The molecule has 1 aromatic carbocycles. The lowest BCUT2D eigenvalue weighted by atomic mass is 10.2. The molecule has 0 saturated heterocycles. The molecule has 3 heterocycles. The van der Waals surface area contributed by atoms with Crippen LogP contribution in [-0.2, 0) is 0 Å². The van der Waals surface area contributed by atoms with Gasteiger partial charge in [0, 0.05) is 23.3 Å². The molecule has 0 aliphatic heterocycles. The van der Waals surface area contributed by atoms with Gasteiger partial charge in [0.25, 0.3) is 5.91 Å². The van der Waals surface area contributed by atoms with Crippen molar-refractivity contribution in [2.45, 2.75) is 0 Å². The number of nitrogens with two attached hydrogens (primary N) is 1. The van der Waals surface area contributed by atoms with E-state index in [1.807, 2.05) is 40.9 Å². The maximum Gasteiger partial charge on any atom is 0.262 e. The molecule has 0 aliphatic rings. The minimum absolute atomic E-state index is 0.105. The summed E-state index contributed by atoms with van der Waals surface area (Å²) < 4.78 is 3.45. The van der Waals surface area contributed by atoms with E-state index in [-0.39, 0.29) is 5.91 Å². The summed E-state index contributed by atoms with van der Waals surface area (Å²) in [6.45, 7) is 0. The first-order chi connectivity index (χ1) is 10.2. The zero-order valence-corrected chi connectivity index (χ0v) is 11.1. The van der Waals surface area contributed by atoms with Gasteiger partial charge in [0.2, 0.25) is 0 Å². The average Bonchev–Trinajstić information content (AvgIpc) is 3.11. The van der Waals surface area contributed by atoms with E-state index >= 15 is 0 Å². The zero-order valence-electron chi connectivity index (χ0n) is 11.1. The number of carbonyl (C=O) groups excluding carboxylic acids is 1. The van der Waals surface area contributed by atoms with Crippen LogP contribution in [0.5, 0.6) is 0 Å². The molecule has 0 aliphatic carbocycles. The molecule has 0 unspecified atom stereocenters. The smallest absolute Gasteiger partial charge is 0.262 e. The maximum atomic E-state index is 12.7. The normalized spacial score (nSPS) is 11.2. The Morgan fingerprint density at radius 3 is 2.95 bits per heavy atom. The summed E-state index contributed by atoms with van der Waals surface area (Å²) in [5, 5.41) is 0.885. The molecule has 0 radical (unpaired) electrons. The lowest BCUT2D eigenvalue weighted by Gasteiger charge is -2.04. The molecule has 5 nitrogen and oxygen atoms in total. The molecule has 0 spiro atoms. The third-order valence-corrected chi connectivity index (χ3v) is 3.62. The van der Waals surface area contributed by atoms with Crippen LogP contribution >= 0.6 is 0 Å². The second kappa shape index (κ2) is 4.21. The topological polar surface area (TPSA) is 65.3 Å². The van der Waals surface area contributed by atoms with Gasteiger partial charge in [-0.05, 0) is 18.2 Å². The van der Waals surface area contributed by atoms with Crippen molar-refractivity contribution in [1.82, 2.24) is 14.0 Å². The number of anilines is 1. The first kappa shape index (κ1) is 11.7. The fourth-order valence-electron chi connectivity index (χ4n) is 2.57. The summed E-state index contributed by atoms with van der Waals surface area (Å²) >= 11 is 0. The van der Waals surface area contributed by atoms with Crippen molar-refractivity contribution in [3.05, 3.63) is 66.9 Å². The number of nitrogen functional groups attached to an aromatic ring is 1. The van der Waals surface area contributed by atoms with Gasteiger partial charge in [0.1, 0.15) is 0 Å². The van der Waals surface area contributed by atoms with Crippen LogP contribution in [0.4, 0.5) is 5.69 Å². The van der Waals surface area contributed by atoms with Crippen molar-refractivity contribution < 1.29 is 4.79 Å². The number of carbonyl (C=O) groups is 1.